The molecule has 6 nitrogen and oxygen atoms in total. The van der Waals surface area contributed by atoms with Gasteiger partial charge in [-0.15, -0.1) is 0 Å². The molecule has 0 atom stereocenters. The zero-order valence-corrected chi connectivity index (χ0v) is 15.0. The highest BCUT2D eigenvalue weighted by atomic mass is 32.2. The number of sulfonamides is 1. The Morgan fingerprint density at radius 2 is 1.87 bits per heavy atom. The number of nitrogens with one attached hydrogen (secondary N) is 1. The Morgan fingerprint density at radius 1 is 1.26 bits per heavy atom. The lowest BCUT2D eigenvalue weighted by Gasteiger charge is -2.21. The van der Waals surface area contributed by atoms with Gasteiger partial charge in [-0.1, -0.05) is 13.8 Å². The van der Waals surface area contributed by atoms with Crippen molar-refractivity contribution >= 4 is 21.6 Å². The number of anilines is 1. The molecule has 0 radical (unpaired) electrons. The van der Waals surface area contributed by atoms with E-state index in [-0.39, 0.29) is 24.8 Å². The van der Waals surface area contributed by atoms with Gasteiger partial charge < -0.3 is 10.1 Å². The molecule has 1 amide bonds. The molecule has 0 bridgehead atoms. The lowest BCUT2D eigenvalue weighted by molar-refractivity contribution is -0.116. The van der Waals surface area contributed by atoms with Gasteiger partial charge in [0.2, 0.25) is 15.9 Å². The first-order valence-corrected chi connectivity index (χ1v) is 9.55. The molecule has 0 aliphatic carbocycles. The standard InChI is InChI=1S/C16H26N2O4S/c1-5-22-15-8-6-14(7-9-15)17-16(19)10-11-18(12-13(2)3)23(4,20)21/h6-9,13H,5,10-12H2,1-4H3,(H,17,19). The Morgan fingerprint density at radius 3 is 2.35 bits per heavy atom. The fourth-order valence-corrected chi connectivity index (χ4v) is 3.04. The van der Waals surface area contributed by atoms with Crippen molar-refractivity contribution in [1.82, 2.24) is 4.31 Å². The Balaban J connectivity index is 2.55. The average molecular weight is 342 g/mol. The zero-order valence-electron chi connectivity index (χ0n) is 14.2. The van der Waals surface area contributed by atoms with Crippen LogP contribution in [0.2, 0.25) is 0 Å². The van der Waals surface area contributed by atoms with Crippen molar-refractivity contribution in [2.45, 2.75) is 27.2 Å². The van der Waals surface area contributed by atoms with E-state index >= 15 is 0 Å². The molecule has 23 heavy (non-hydrogen) atoms. The van der Waals surface area contributed by atoms with Gasteiger partial charge in [-0.2, -0.15) is 0 Å². The highest BCUT2D eigenvalue weighted by Gasteiger charge is 2.18. The number of ether oxygens (including phenoxy) is 1. The van der Waals surface area contributed by atoms with Gasteiger partial charge in [0.15, 0.2) is 0 Å². The molecule has 1 aromatic carbocycles. The highest BCUT2D eigenvalue weighted by Crippen LogP contribution is 2.16. The second kappa shape index (κ2) is 8.88. The van der Waals surface area contributed by atoms with E-state index in [1.807, 2.05) is 20.8 Å². The Kier molecular flexibility index (Phi) is 7.51. The molecule has 0 aromatic heterocycles. The number of carbonyl (C=O) groups is 1. The van der Waals surface area contributed by atoms with Crippen molar-refractivity contribution in [2.75, 3.05) is 31.3 Å². The van der Waals surface area contributed by atoms with Crippen LogP contribution in [-0.2, 0) is 14.8 Å². The molecule has 130 valence electrons. The molecule has 7 heteroatoms. The first-order valence-electron chi connectivity index (χ1n) is 7.70. The minimum absolute atomic E-state index is 0.118. The van der Waals surface area contributed by atoms with E-state index in [0.717, 1.165) is 5.75 Å². The van der Waals surface area contributed by atoms with Crippen molar-refractivity contribution in [2.24, 2.45) is 5.92 Å². The first kappa shape index (κ1) is 19.4. The molecule has 1 N–H and O–H groups in total. The lowest BCUT2D eigenvalue weighted by atomic mass is 10.2. The van der Waals surface area contributed by atoms with E-state index < -0.39 is 10.0 Å². The van der Waals surface area contributed by atoms with E-state index in [9.17, 15) is 13.2 Å². The average Bonchev–Trinajstić information content (AvgIpc) is 2.44. The predicted octanol–water partition coefficient (Wildman–Crippen LogP) is 2.33. The van der Waals surface area contributed by atoms with Crippen LogP contribution in [0.4, 0.5) is 5.69 Å². The van der Waals surface area contributed by atoms with Gasteiger partial charge in [0, 0.05) is 25.2 Å². The molecule has 1 rings (SSSR count). The summed E-state index contributed by atoms with van der Waals surface area (Å²) in [6.07, 6.45) is 1.28. The molecule has 0 unspecified atom stereocenters. The first-order chi connectivity index (χ1) is 10.7. The maximum Gasteiger partial charge on any atom is 0.225 e. The monoisotopic (exact) mass is 342 g/mol. The van der Waals surface area contributed by atoms with Gasteiger partial charge in [-0.25, -0.2) is 12.7 Å². The van der Waals surface area contributed by atoms with E-state index in [1.165, 1.54) is 10.6 Å². The molecule has 0 saturated heterocycles. The summed E-state index contributed by atoms with van der Waals surface area (Å²) in [4.78, 5) is 12.0. The molecule has 0 aliphatic rings. The maximum absolute atomic E-state index is 12.0. The smallest absolute Gasteiger partial charge is 0.225 e. The second-order valence-electron chi connectivity index (χ2n) is 5.77. The van der Waals surface area contributed by atoms with Gasteiger partial charge in [0.25, 0.3) is 0 Å². The van der Waals surface area contributed by atoms with Crippen LogP contribution in [-0.4, -0.2) is 44.6 Å². The van der Waals surface area contributed by atoms with Crippen LogP contribution in [0.25, 0.3) is 0 Å². The SMILES string of the molecule is CCOc1ccc(NC(=O)CCN(CC(C)C)S(C)(=O)=O)cc1. The molecule has 0 saturated carbocycles. The summed E-state index contributed by atoms with van der Waals surface area (Å²) in [5, 5.41) is 2.76. The second-order valence-corrected chi connectivity index (χ2v) is 7.75. The Bertz CT molecular complexity index is 597. The van der Waals surface area contributed by atoms with Crippen LogP contribution in [0.5, 0.6) is 5.75 Å². The van der Waals surface area contributed by atoms with Crippen LogP contribution >= 0.6 is 0 Å². The van der Waals surface area contributed by atoms with E-state index in [2.05, 4.69) is 5.32 Å². The number of hydrogen-bond donors (Lipinski definition) is 1. The fourth-order valence-electron chi connectivity index (χ4n) is 2.05. The van der Waals surface area contributed by atoms with Crippen molar-refractivity contribution in [1.29, 1.82) is 0 Å². The van der Waals surface area contributed by atoms with Crippen LogP contribution in [0, 0.1) is 5.92 Å². The van der Waals surface area contributed by atoms with Crippen LogP contribution in [0.1, 0.15) is 27.2 Å². The molecule has 0 heterocycles. The van der Waals surface area contributed by atoms with Crippen molar-refractivity contribution in [3.63, 3.8) is 0 Å². The van der Waals surface area contributed by atoms with E-state index in [4.69, 9.17) is 4.74 Å². The largest absolute Gasteiger partial charge is 0.494 e. The normalized spacial score (nSPS) is 11.7. The molecule has 1 aromatic rings. The Hall–Kier alpha value is -1.60. The number of benzene rings is 1. The van der Waals surface area contributed by atoms with Gasteiger partial charge in [-0.05, 0) is 37.1 Å². The zero-order chi connectivity index (χ0) is 17.5. The number of carbonyl (C=O) groups excluding carboxylic acids is 1. The number of hydrogen-bond acceptors (Lipinski definition) is 4. The molecule has 0 fully saturated rings. The topological polar surface area (TPSA) is 75.7 Å². The molecule has 0 spiro atoms. The third-order valence-corrected chi connectivity index (χ3v) is 4.34. The van der Waals surface area contributed by atoms with E-state index in [1.54, 1.807) is 24.3 Å². The van der Waals surface area contributed by atoms with Gasteiger partial charge >= 0.3 is 0 Å². The van der Waals surface area contributed by atoms with Crippen LogP contribution in [0.3, 0.4) is 0 Å². The summed E-state index contributed by atoms with van der Waals surface area (Å²) in [5.74, 6) is 0.733. The number of nitrogens with zero attached hydrogens (tertiary/aromatic N) is 1. The summed E-state index contributed by atoms with van der Waals surface area (Å²) in [6.45, 7) is 6.97. The van der Waals surface area contributed by atoms with Crippen molar-refractivity contribution < 1.29 is 17.9 Å². The molecular weight excluding hydrogens is 316 g/mol. The minimum atomic E-state index is -3.30. The van der Waals surface area contributed by atoms with Crippen LogP contribution in [0.15, 0.2) is 24.3 Å². The fraction of sp³-hybridized carbons (Fsp3) is 0.562. The third-order valence-electron chi connectivity index (χ3n) is 3.08. The minimum Gasteiger partial charge on any atom is -0.494 e. The Labute approximate surface area is 138 Å². The number of amides is 1. The van der Waals surface area contributed by atoms with Gasteiger partial charge in [0.1, 0.15) is 5.75 Å². The maximum atomic E-state index is 12.0. The van der Waals surface area contributed by atoms with Crippen molar-refractivity contribution in [3.8, 4) is 5.75 Å². The molecule has 0 aliphatic heterocycles. The third kappa shape index (κ3) is 7.47. The summed E-state index contributed by atoms with van der Waals surface area (Å²) in [6, 6.07) is 7.07. The van der Waals surface area contributed by atoms with E-state index in [0.29, 0.717) is 18.8 Å². The summed E-state index contributed by atoms with van der Waals surface area (Å²) in [5.41, 5.74) is 0.660. The molecular formula is C16H26N2O4S. The summed E-state index contributed by atoms with van der Waals surface area (Å²) < 4.78 is 30.1. The predicted molar refractivity (Wildman–Crippen MR) is 92.1 cm³/mol. The number of rotatable bonds is 9. The summed E-state index contributed by atoms with van der Waals surface area (Å²) in [7, 11) is -3.30. The highest BCUT2D eigenvalue weighted by molar-refractivity contribution is 7.88. The lowest BCUT2D eigenvalue weighted by Crippen LogP contribution is -2.35. The van der Waals surface area contributed by atoms with Gasteiger partial charge in [0.05, 0.1) is 12.9 Å². The van der Waals surface area contributed by atoms with Crippen LogP contribution < -0.4 is 10.1 Å². The van der Waals surface area contributed by atoms with Crippen molar-refractivity contribution in [3.05, 3.63) is 24.3 Å². The summed E-state index contributed by atoms with van der Waals surface area (Å²) >= 11 is 0. The van der Waals surface area contributed by atoms with Gasteiger partial charge in [-0.3, -0.25) is 4.79 Å². The quantitative estimate of drug-likeness (QED) is 0.747.